The number of ether oxygens (including phenoxy) is 2. The van der Waals surface area contributed by atoms with Gasteiger partial charge in [-0.2, -0.15) is 0 Å². The maximum atomic E-state index is 12.2. The van der Waals surface area contributed by atoms with E-state index in [2.05, 4.69) is 10.6 Å². The molecule has 0 saturated heterocycles. The maximum absolute atomic E-state index is 12.2. The molecule has 2 aromatic carbocycles. The van der Waals surface area contributed by atoms with E-state index in [1.807, 2.05) is 31.2 Å². The zero-order valence-electron chi connectivity index (χ0n) is 15.3. The Labute approximate surface area is 153 Å². The Morgan fingerprint density at radius 3 is 2.42 bits per heavy atom. The van der Waals surface area contributed by atoms with Crippen LogP contribution < -0.4 is 20.1 Å². The fourth-order valence-corrected chi connectivity index (χ4v) is 2.36. The number of aryl methyl sites for hydroxylation is 1. The molecule has 0 spiro atoms. The molecule has 2 N–H and O–H groups in total. The molecule has 26 heavy (non-hydrogen) atoms. The quantitative estimate of drug-likeness (QED) is 0.706. The highest BCUT2D eigenvalue weighted by Gasteiger charge is 2.09. The van der Waals surface area contributed by atoms with Gasteiger partial charge in [-0.3, -0.25) is 9.59 Å². The lowest BCUT2D eigenvalue weighted by Crippen LogP contribution is -2.14. The third-order valence-electron chi connectivity index (χ3n) is 3.63. The normalized spacial score (nSPS) is 10.1. The molecule has 2 amide bonds. The summed E-state index contributed by atoms with van der Waals surface area (Å²) in [6, 6.07) is 12.9. The van der Waals surface area contributed by atoms with Gasteiger partial charge in [0.05, 0.1) is 19.4 Å². The molecule has 0 aliphatic carbocycles. The first kappa shape index (κ1) is 19.3. The fraction of sp³-hybridized carbons (Fsp3) is 0.300. The molecule has 0 unspecified atom stereocenters. The predicted octanol–water partition coefficient (Wildman–Crippen LogP) is 3.76. The Bertz CT molecular complexity index is 757. The number of rotatable bonds is 8. The summed E-state index contributed by atoms with van der Waals surface area (Å²) in [4.78, 5) is 23.3. The Kier molecular flexibility index (Phi) is 7.02. The van der Waals surface area contributed by atoms with Crippen LogP contribution in [-0.2, 0) is 9.59 Å². The molecule has 0 saturated carbocycles. The van der Waals surface area contributed by atoms with Crippen LogP contribution in [0.15, 0.2) is 42.5 Å². The van der Waals surface area contributed by atoms with E-state index >= 15 is 0 Å². The first-order valence-corrected chi connectivity index (χ1v) is 8.43. The third kappa shape index (κ3) is 6.12. The summed E-state index contributed by atoms with van der Waals surface area (Å²) in [5, 5.41) is 5.49. The van der Waals surface area contributed by atoms with Crippen molar-refractivity contribution in [3.8, 4) is 11.5 Å². The van der Waals surface area contributed by atoms with Crippen LogP contribution >= 0.6 is 0 Å². The van der Waals surface area contributed by atoms with E-state index in [0.29, 0.717) is 36.6 Å². The Morgan fingerprint density at radius 1 is 1.04 bits per heavy atom. The highest BCUT2D eigenvalue weighted by Crippen LogP contribution is 2.28. The fourth-order valence-electron chi connectivity index (χ4n) is 2.36. The number of anilines is 2. The molecule has 0 aromatic heterocycles. The van der Waals surface area contributed by atoms with Gasteiger partial charge in [0.25, 0.3) is 0 Å². The first-order chi connectivity index (χ1) is 12.5. The maximum Gasteiger partial charge on any atom is 0.224 e. The van der Waals surface area contributed by atoms with Crippen LogP contribution in [0.1, 0.15) is 25.3 Å². The number of amides is 2. The number of methoxy groups -OCH3 is 1. The van der Waals surface area contributed by atoms with Crippen LogP contribution in [0.3, 0.4) is 0 Å². The minimum absolute atomic E-state index is 0.143. The van der Waals surface area contributed by atoms with E-state index < -0.39 is 0 Å². The molecule has 0 aliphatic rings. The summed E-state index contributed by atoms with van der Waals surface area (Å²) in [7, 11) is 1.53. The zero-order valence-corrected chi connectivity index (χ0v) is 15.3. The first-order valence-electron chi connectivity index (χ1n) is 8.43. The van der Waals surface area contributed by atoms with E-state index in [-0.39, 0.29) is 11.8 Å². The van der Waals surface area contributed by atoms with Gasteiger partial charge >= 0.3 is 0 Å². The molecule has 0 radical (unpaired) electrons. The molecule has 0 atom stereocenters. The molecule has 2 rings (SSSR count). The van der Waals surface area contributed by atoms with Gasteiger partial charge in [-0.1, -0.05) is 17.7 Å². The molecule has 6 nitrogen and oxygen atoms in total. The van der Waals surface area contributed by atoms with Crippen molar-refractivity contribution in [3.63, 3.8) is 0 Å². The highest BCUT2D eigenvalue weighted by atomic mass is 16.5. The SMILES string of the molecule is COc1ccc(NC(C)=O)cc1NC(=O)CCCOc1ccc(C)cc1. The van der Waals surface area contributed by atoms with Gasteiger partial charge in [-0.05, 0) is 43.7 Å². The zero-order chi connectivity index (χ0) is 18.9. The molecule has 138 valence electrons. The van der Waals surface area contributed by atoms with E-state index in [1.165, 1.54) is 19.6 Å². The largest absolute Gasteiger partial charge is 0.495 e. The lowest BCUT2D eigenvalue weighted by molar-refractivity contribution is -0.116. The van der Waals surface area contributed by atoms with Gasteiger partial charge in [0, 0.05) is 19.0 Å². The summed E-state index contributed by atoms with van der Waals surface area (Å²) < 4.78 is 10.9. The van der Waals surface area contributed by atoms with E-state index in [1.54, 1.807) is 18.2 Å². The van der Waals surface area contributed by atoms with Gasteiger partial charge < -0.3 is 20.1 Å². The van der Waals surface area contributed by atoms with Gasteiger partial charge in [0.1, 0.15) is 11.5 Å². The van der Waals surface area contributed by atoms with Crippen molar-refractivity contribution in [2.24, 2.45) is 0 Å². The molecule has 0 fully saturated rings. The molecule has 0 bridgehead atoms. The van der Waals surface area contributed by atoms with Crippen molar-refractivity contribution in [2.75, 3.05) is 24.4 Å². The van der Waals surface area contributed by atoms with Crippen molar-refractivity contribution in [2.45, 2.75) is 26.7 Å². The van der Waals surface area contributed by atoms with Crippen molar-refractivity contribution in [3.05, 3.63) is 48.0 Å². The van der Waals surface area contributed by atoms with Gasteiger partial charge in [0.2, 0.25) is 11.8 Å². The second-order valence-corrected chi connectivity index (χ2v) is 5.91. The molecule has 0 aliphatic heterocycles. The third-order valence-corrected chi connectivity index (χ3v) is 3.63. The second kappa shape index (κ2) is 9.46. The summed E-state index contributed by atoms with van der Waals surface area (Å²) in [5.41, 5.74) is 2.28. The van der Waals surface area contributed by atoms with Crippen molar-refractivity contribution < 1.29 is 19.1 Å². The number of carbonyl (C=O) groups excluding carboxylic acids is 2. The Balaban J connectivity index is 1.84. The van der Waals surface area contributed by atoms with E-state index in [0.717, 1.165) is 5.75 Å². The monoisotopic (exact) mass is 356 g/mol. The average Bonchev–Trinajstić information content (AvgIpc) is 2.60. The van der Waals surface area contributed by atoms with E-state index in [4.69, 9.17) is 9.47 Å². The minimum Gasteiger partial charge on any atom is -0.495 e. The van der Waals surface area contributed by atoms with Crippen LogP contribution in [0.4, 0.5) is 11.4 Å². The molecular weight excluding hydrogens is 332 g/mol. The topological polar surface area (TPSA) is 76.7 Å². The highest BCUT2D eigenvalue weighted by molar-refractivity contribution is 5.94. The summed E-state index contributed by atoms with van der Waals surface area (Å²) in [6.07, 6.45) is 0.910. The molecule has 0 heterocycles. The van der Waals surface area contributed by atoms with Crippen molar-refractivity contribution in [1.82, 2.24) is 0 Å². The van der Waals surface area contributed by atoms with Crippen LogP contribution in [-0.4, -0.2) is 25.5 Å². The lowest BCUT2D eigenvalue weighted by Gasteiger charge is -2.12. The van der Waals surface area contributed by atoms with Gasteiger partial charge in [0.15, 0.2) is 0 Å². The van der Waals surface area contributed by atoms with Crippen LogP contribution in [0.25, 0.3) is 0 Å². The van der Waals surface area contributed by atoms with Crippen LogP contribution in [0.2, 0.25) is 0 Å². The van der Waals surface area contributed by atoms with E-state index in [9.17, 15) is 9.59 Å². The van der Waals surface area contributed by atoms with Crippen LogP contribution in [0, 0.1) is 6.92 Å². The number of hydrogen-bond donors (Lipinski definition) is 2. The standard InChI is InChI=1S/C20H24N2O4/c1-14-6-9-17(10-7-14)26-12-4-5-20(24)22-18-13-16(21-15(2)23)8-11-19(18)25-3/h6-11,13H,4-5,12H2,1-3H3,(H,21,23)(H,22,24). The summed E-state index contributed by atoms with van der Waals surface area (Å²) >= 11 is 0. The smallest absolute Gasteiger partial charge is 0.224 e. The Hall–Kier alpha value is -3.02. The van der Waals surface area contributed by atoms with Gasteiger partial charge in [-0.15, -0.1) is 0 Å². The average molecular weight is 356 g/mol. The summed E-state index contributed by atoms with van der Waals surface area (Å²) in [5.74, 6) is 1.00. The summed E-state index contributed by atoms with van der Waals surface area (Å²) in [6.45, 7) is 3.90. The van der Waals surface area contributed by atoms with Crippen molar-refractivity contribution in [1.29, 1.82) is 0 Å². The lowest BCUT2D eigenvalue weighted by atomic mass is 10.2. The van der Waals surface area contributed by atoms with Gasteiger partial charge in [-0.25, -0.2) is 0 Å². The number of benzene rings is 2. The predicted molar refractivity (Wildman–Crippen MR) is 102 cm³/mol. The number of carbonyl (C=O) groups is 2. The number of hydrogen-bond acceptors (Lipinski definition) is 4. The van der Waals surface area contributed by atoms with Crippen LogP contribution in [0.5, 0.6) is 11.5 Å². The molecule has 6 heteroatoms. The molecule has 2 aromatic rings. The number of nitrogens with one attached hydrogen (secondary N) is 2. The molecular formula is C20H24N2O4. The Morgan fingerprint density at radius 2 is 1.77 bits per heavy atom. The minimum atomic E-state index is -0.180. The van der Waals surface area contributed by atoms with Crippen molar-refractivity contribution >= 4 is 23.2 Å². The second-order valence-electron chi connectivity index (χ2n) is 5.91.